The summed E-state index contributed by atoms with van der Waals surface area (Å²) < 4.78 is 5.12. The zero-order valence-corrected chi connectivity index (χ0v) is 13.1. The van der Waals surface area contributed by atoms with Crippen molar-refractivity contribution in [3.8, 4) is 0 Å². The van der Waals surface area contributed by atoms with E-state index in [0.717, 1.165) is 22.5 Å². The van der Waals surface area contributed by atoms with E-state index in [1.165, 1.54) is 6.07 Å². The van der Waals surface area contributed by atoms with E-state index in [9.17, 15) is 14.9 Å². The molecule has 0 atom stereocenters. The summed E-state index contributed by atoms with van der Waals surface area (Å²) >= 11 is 1.12. The number of nitrogens with one attached hydrogen (secondary N) is 1. The van der Waals surface area contributed by atoms with Crippen molar-refractivity contribution in [2.45, 2.75) is 20.1 Å². The van der Waals surface area contributed by atoms with Crippen LogP contribution in [-0.2, 0) is 17.9 Å². The van der Waals surface area contributed by atoms with Crippen LogP contribution in [0.5, 0.6) is 0 Å². The van der Waals surface area contributed by atoms with Crippen LogP contribution in [-0.4, -0.2) is 17.9 Å². The molecule has 0 saturated heterocycles. The normalized spacial score (nSPS) is 10.5. The largest absolute Gasteiger partial charge is 0.380 e. The highest BCUT2D eigenvalue weighted by Gasteiger charge is 2.19. The first kappa shape index (κ1) is 16.1. The first-order valence-corrected chi connectivity index (χ1v) is 7.43. The molecule has 1 N–H and O–H groups in total. The van der Waals surface area contributed by atoms with E-state index in [1.807, 2.05) is 24.3 Å². The number of hydrogen-bond acceptors (Lipinski definition) is 5. The summed E-state index contributed by atoms with van der Waals surface area (Å²) in [5.74, 6) is -0.312. The quantitative estimate of drug-likeness (QED) is 0.655. The molecule has 22 heavy (non-hydrogen) atoms. The zero-order valence-electron chi connectivity index (χ0n) is 12.3. The van der Waals surface area contributed by atoms with Crippen LogP contribution in [0.15, 0.2) is 30.3 Å². The lowest BCUT2D eigenvalue weighted by molar-refractivity contribution is -0.385. The highest BCUT2D eigenvalue weighted by atomic mass is 32.1. The molecule has 1 aromatic carbocycles. The van der Waals surface area contributed by atoms with Gasteiger partial charge in [0, 0.05) is 19.7 Å². The van der Waals surface area contributed by atoms with Gasteiger partial charge in [0.25, 0.3) is 11.6 Å². The third-order valence-electron chi connectivity index (χ3n) is 3.17. The minimum Gasteiger partial charge on any atom is -0.380 e. The molecule has 0 aliphatic carbocycles. The van der Waals surface area contributed by atoms with Crippen molar-refractivity contribution in [2.24, 2.45) is 0 Å². The number of carbonyl (C=O) groups excluding carboxylic acids is 1. The molecule has 1 aromatic heterocycles. The monoisotopic (exact) mass is 320 g/mol. The van der Waals surface area contributed by atoms with Gasteiger partial charge in [-0.25, -0.2) is 0 Å². The molecule has 6 nitrogen and oxygen atoms in total. The molecule has 0 aliphatic rings. The van der Waals surface area contributed by atoms with E-state index in [1.54, 1.807) is 14.0 Å². The molecule has 0 bridgehead atoms. The van der Waals surface area contributed by atoms with Gasteiger partial charge in [0.15, 0.2) is 0 Å². The molecule has 1 amide bonds. The van der Waals surface area contributed by atoms with Crippen LogP contribution >= 0.6 is 11.3 Å². The van der Waals surface area contributed by atoms with Gasteiger partial charge in [0.2, 0.25) is 0 Å². The average molecular weight is 320 g/mol. The zero-order chi connectivity index (χ0) is 16.1. The summed E-state index contributed by atoms with van der Waals surface area (Å²) in [4.78, 5) is 23.3. The Morgan fingerprint density at radius 2 is 2.05 bits per heavy atom. The standard InChI is InChI=1S/C15H16N2O4S/c1-10-13(17(19)20)7-14(22-10)15(18)16-8-11-5-3-4-6-12(11)9-21-2/h3-7H,8-9H2,1-2H3,(H,16,18). The average Bonchev–Trinajstić information content (AvgIpc) is 2.88. The maximum absolute atomic E-state index is 12.1. The van der Waals surface area contributed by atoms with Gasteiger partial charge < -0.3 is 10.1 Å². The summed E-state index contributed by atoms with van der Waals surface area (Å²) in [6.45, 7) is 2.45. The van der Waals surface area contributed by atoms with Crippen molar-refractivity contribution < 1.29 is 14.5 Å². The van der Waals surface area contributed by atoms with Gasteiger partial charge >= 0.3 is 0 Å². The lowest BCUT2D eigenvalue weighted by Crippen LogP contribution is -2.22. The molecule has 0 unspecified atom stereocenters. The molecule has 2 aromatic rings. The maximum Gasteiger partial charge on any atom is 0.283 e. The number of hydrogen-bond donors (Lipinski definition) is 1. The third-order valence-corrected chi connectivity index (χ3v) is 4.21. The Morgan fingerprint density at radius 1 is 1.36 bits per heavy atom. The molecule has 0 radical (unpaired) electrons. The molecule has 1 heterocycles. The number of thiophene rings is 1. The molecule has 0 saturated carbocycles. The summed E-state index contributed by atoms with van der Waals surface area (Å²) in [6, 6.07) is 8.96. The number of aryl methyl sites for hydroxylation is 1. The number of amides is 1. The SMILES string of the molecule is COCc1ccccc1CNC(=O)c1cc([N+](=O)[O-])c(C)s1. The van der Waals surface area contributed by atoms with Gasteiger partial charge in [0.05, 0.1) is 21.3 Å². The maximum atomic E-state index is 12.1. The second kappa shape index (κ2) is 7.15. The Labute approximate surface area is 131 Å². The molecule has 7 heteroatoms. The van der Waals surface area contributed by atoms with E-state index in [-0.39, 0.29) is 11.6 Å². The van der Waals surface area contributed by atoms with Crippen molar-refractivity contribution >= 4 is 22.9 Å². The lowest BCUT2D eigenvalue weighted by Gasteiger charge is -2.09. The van der Waals surface area contributed by atoms with Crippen LogP contribution in [0.25, 0.3) is 0 Å². The van der Waals surface area contributed by atoms with Crippen molar-refractivity contribution in [1.29, 1.82) is 0 Å². The fourth-order valence-electron chi connectivity index (χ4n) is 2.05. The van der Waals surface area contributed by atoms with Crippen molar-refractivity contribution in [2.75, 3.05) is 7.11 Å². The van der Waals surface area contributed by atoms with Gasteiger partial charge in [0.1, 0.15) is 0 Å². The summed E-state index contributed by atoms with van der Waals surface area (Å²) in [5, 5.41) is 13.6. The van der Waals surface area contributed by atoms with Gasteiger partial charge in [-0.15, -0.1) is 11.3 Å². The summed E-state index contributed by atoms with van der Waals surface area (Å²) in [7, 11) is 1.61. The molecular weight excluding hydrogens is 304 g/mol. The first-order chi connectivity index (χ1) is 10.5. The lowest BCUT2D eigenvalue weighted by atomic mass is 10.1. The van der Waals surface area contributed by atoms with Gasteiger partial charge in [-0.3, -0.25) is 14.9 Å². The second-order valence-corrected chi connectivity index (χ2v) is 5.95. The van der Waals surface area contributed by atoms with Crippen LogP contribution in [0.3, 0.4) is 0 Å². The first-order valence-electron chi connectivity index (χ1n) is 6.61. The Bertz CT molecular complexity index is 697. The van der Waals surface area contributed by atoms with Crippen LogP contribution < -0.4 is 5.32 Å². The minimum atomic E-state index is -0.476. The molecule has 0 spiro atoms. The summed E-state index contributed by atoms with van der Waals surface area (Å²) in [5.41, 5.74) is 1.94. The Hall–Kier alpha value is -2.25. The minimum absolute atomic E-state index is 0.0186. The Balaban J connectivity index is 2.07. The number of nitrogens with zero attached hydrogens (tertiary/aromatic N) is 1. The van der Waals surface area contributed by atoms with E-state index in [0.29, 0.717) is 22.9 Å². The number of methoxy groups -OCH3 is 1. The molecule has 0 fully saturated rings. The molecular formula is C15H16N2O4S. The topological polar surface area (TPSA) is 81.5 Å². The van der Waals surface area contributed by atoms with Gasteiger partial charge in [-0.2, -0.15) is 0 Å². The third kappa shape index (κ3) is 3.69. The highest BCUT2D eigenvalue weighted by Crippen LogP contribution is 2.27. The van der Waals surface area contributed by atoms with E-state index in [2.05, 4.69) is 5.32 Å². The van der Waals surface area contributed by atoms with Crippen LogP contribution in [0, 0.1) is 17.0 Å². The predicted molar refractivity (Wildman–Crippen MR) is 84.0 cm³/mol. The highest BCUT2D eigenvalue weighted by molar-refractivity contribution is 7.14. The van der Waals surface area contributed by atoms with Gasteiger partial charge in [-0.05, 0) is 18.1 Å². The number of nitro groups is 1. The predicted octanol–water partition coefficient (Wildman–Crippen LogP) is 3.04. The number of ether oxygens (including phenoxy) is 1. The number of rotatable bonds is 6. The number of benzene rings is 1. The van der Waals surface area contributed by atoms with E-state index in [4.69, 9.17) is 4.74 Å². The fourth-order valence-corrected chi connectivity index (χ4v) is 2.96. The fraction of sp³-hybridized carbons (Fsp3) is 0.267. The Kier molecular flexibility index (Phi) is 5.24. The van der Waals surface area contributed by atoms with Crippen LogP contribution in [0.4, 0.5) is 5.69 Å². The smallest absolute Gasteiger partial charge is 0.283 e. The van der Waals surface area contributed by atoms with Crippen molar-refractivity contribution in [3.05, 3.63) is 61.3 Å². The van der Waals surface area contributed by atoms with E-state index >= 15 is 0 Å². The molecule has 2 rings (SSSR count). The van der Waals surface area contributed by atoms with E-state index < -0.39 is 4.92 Å². The molecule has 116 valence electrons. The van der Waals surface area contributed by atoms with Crippen molar-refractivity contribution in [3.63, 3.8) is 0 Å². The van der Waals surface area contributed by atoms with Crippen molar-refractivity contribution in [1.82, 2.24) is 5.32 Å². The van der Waals surface area contributed by atoms with Crippen LogP contribution in [0.1, 0.15) is 25.7 Å². The Morgan fingerprint density at radius 3 is 2.64 bits per heavy atom. The summed E-state index contributed by atoms with van der Waals surface area (Å²) in [6.07, 6.45) is 0. The second-order valence-electron chi connectivity index (χ2n) is 4.69. The van der Waals surface area contributed by atoms with Gasteiger partial charge in [-0.1, -0.05) is 24.3 Å². The number of carbonyl (C=O) groups is 1. The molecule has 0 aliphatic heterocycles. The van der Waals surface area contributed by atoms with Crippen LogP contribution in [0.2, 0.25) is 0 Å².